The number of benzene rings is 1. The molecule has 0 radical (unpaired) electrons. The third-order valence-electron chi connectivity index (χ3n) is 4.67. The molecule has 0 saturated carbocycles. The van der Waals surface area contributed by atoms with Gasteiger partial charge in [-0.1, -0.05) is 23.2 Å². The maximum atomic E-state index is 13.0. The highest BCUT2D eigenvalue weighted by atomic mass is 35.5. The quantitative estimate of drug-likeness (QED) is 0.325. The molecule has 2 amide bonds. The van der Waals surface area contributed by atoms with Gasteiger partial charge in [-0.25, -0.2) is 0 Å². The average Bonchev–Trinajstić information content (AvgIpc) is 2.65. The topological polar surface area (TPSA) is 79.0 Å². The molecule has 0 atom stereocenters. The molecule has 2 saturated heterocycles. The van der Waals surface area contributed by atoms with Gasteiger partial charge in [-0.2, -0.15) is 0 Å². The van der Waals surface area contributed by atoms with Crippen LogP contribution < -0.4 is 10.2 Å². The SMILES string of the molecule is CCOC(=O)C1CCN(/C=C2\C(=O)NC(=S)N(c3cc(Cl)cc(Cl)c3)C2=O)CC1. The normalized spacial score (nSPS) is 19.6. The first-order valence-electron chi connectivity index (χ1n) is 9.08. The minimum Gasteiger partial charge on any atom is -0.466 e. The lowest BCUT2D eigenvalue weighted by Gasteiger charge is -2.33. The molecule has 29 heavy (non-hydrogen) atoms. The molecule has 1 aromatic rings. The molecule has 154 valence electrons. The number of carbonyl (C=O) groups is 3. The van der Waals surface area contributed by atoms with Gasteiger partial charge in [0.1, 0.15) is 5.57 Å². The largest absolute Gasteiger partial charge is 0.466 e. The van der Waals surface area contributed by atoms with Crippen molar-refractivity contribution < 1.29 is 19.1 Å². The zero-order valence-corrected chi connectivity index (χ0v) is 17.9. The summed E-state index contributed by atoms with van der Waals surface area (Å²) >= 11 is 17.2. The molecule has 2 fully saturated rings. The van der Waals surface area contributed by atoms with Gasteiger partial charge < -0.3 is 9.64 Å². The van der Waals surface area contributed by atoms with E-state index in [1.807, 2.05) is 4.90 Å². The van der Waals surface area contributed by atoms with Gasteiger partial charge in [0.05, 0.1) is 18.2 Å². The standard InChI is InChI=1S/C19H19Cl2N3O4S/c1-2-28-18(27)11-3-5-23(6-4-11)10-15-16(25)22-19(29)24(17(15)26)14-8-12(20)7-13(21)9-14/h7-11H,2-6H2,1H3,(H,22,25,29)/b15-10+. The Hall–Kier alpha value is -2.16. The maximum absolute atomic E-state index is 13.0. The zero-order chi connectivity index (χ0) is 21.1. The van der Waals surface area contributed by atoms with Gasteiger partial charge in [0.15, 0.2) is 5.11 Å². The molecule has 7 nitrogen and oxygen atoms in total. The summed E-state index contributed by atoms with van der Waals surface area (Å²) in [5.74, 6) is -1.51. The van der Waals surface area contributed by atoms with E-state index in [-0.39, 0.29) is 22.6 Å². The number of likely N-dealkylation sites (tertiary alicyclic amines) is 1. The highest BCUT2D eigenvalue weighted by Gasteiger charge is 2.36. The van der Waals surface area contributed by atoms with E-state index < -0.39 is 11.8 Å². The van der Waals surface area contributed by atoms with Gasteiger partial charge >= 0.3 is 5.97 Å². The first-order chi connectivity index (χ1) is 13.8. The molecule has 0 bridgehead atoms. The molecule has 0 spiro atoms. The van der Waals surface area contributed by atoms with E-state index in [1.165, 1.54) is 29.3 Å². The van der Waals surface area contributed by atoms with Gasteiger partial charge in [-0.3, -0.25) is 24.6 Å². The molecular weight excluding hydrogens is 437 g/mol. The number of hydrogen-bond acceptors (Lipinski definition) is 6. The molecule has 1 aromatic carbocycles. The number of anilines is 1. The van der Waals surface area contributed by atoms with Gasteiger partial charge in [-0.05, 0) is 50.2 Å². The van der Waals surface area contributed by atoms with Crippen molar-refractivity contribution in [2.45, 2.75) is 19.8 Å². The lowest BCUT2D eigenvalue weighted by Crippen LogP contribution is -2.54. The van der Waals surface area contributed by atoms with E-state index in [4.69, 9.17) is 40.2 Å². The van der Waals surface area contributed by atoms with Crippen LogP contribution in [0.25, 0.3) is 0 Å². The smallest absolute Gasteiger partial charge is 0.309 e. The number of rotatable bonds is 4. The highest BCUT2D eigenvalue weighted by Crippen LogP contribution is 2.28. The Kier molecular flexibility index (Phi) is 6.77. The number of piperidine rings is 1. The van der Waals surface area contributed by atoms with Crippen LogP contribution in [-0.2, 0) is 19.1 Å². The van der Waals surface area contributed by atoms with Crippen molar-refractivity contribution >= 4 is 64.0 Å². The monoisotopic (exact) mass is 455 g/mol. The third kappa shape index (κ3) is 4.88. The summed E-state index contributed by atoms with van der Waals surface area (Å²) in [5, 5.41) is 3.16. The first kappa shape index (κ1) is 21.5. The molecule has 3 rings (SSSR count). The van der Waals surface area contributed by atoms with E-state index in [9.17, 15) is 14.4 Å². The van der Waals surface area contributed by atoms with Crippen molar-refractivity contribution in [1.29, 1.82) is 0 Å². The Balaban J connectivity index is 1.78. The van der Waals surface area contributed by atoms with E-state index >= 15 is 0 Å². The van der Waals surface area contributed by atoms with Crippen molar-refractivity contribution in [3.8, 4) is 0 Å². The summed E-state index contributed by atoms with van der Waals surface area (Å²) < 4.78 is 5.06. The van der Waals surface area contributed by atoms with E-state index in [0.29, 0.717) is 48.3 Å². The summed E-state index contributed by atoms with van der Waals surface area (Å²) in [5.41, 5.74) is 0.314. The number of nitrogens with zero attached hydrogens (tertiary/aromatic N) is 2. The van der Waals surface area contributed by atoms with Crippen LogP contribution in [0, 0.1) is 5.92 Å². The fraction of sp³-hybridized carbons (Fsp3) is 0.368. The fourth-order valence-electron chi connectivity index (χ4n) is 3.25. The van der Waals surface area contributed by atoms with E-state index in [0.717, 1.165) is 0 Å². The number of thiocarbonyl (C=S) groups is 1. The number of hydrogen-bond donors (Lipinski definition) is 1. The van der Waals surface area contributed by atoms with Crippen molar-refractivity contribution in [2.24, 2.45) is 5.92 Å². The van der Waals surface area contributed by atoms with E-state index in [1.54, 1.807) is 6.92 Å². The van der Waals surface area contributed by atoms with Gasteiger partial charge in [0.25, 0.3) is 11.8 Å². The predicted octanol–water partition coefficient (Wildman–Crippen LogP) is 2.90. The van der Waals surface area contributed by atoms with Crippen LogP contribution in [0.15, 0.2) is 30.0 Å². The maximum Gasteiger partial charge on any atom is 0.309 e. The number of halogens is 2. The Morgan fingerprint density at radius 2 is 1.86 bits per heavy atom. The summed E-state index contributed by atoms with van der Waals surface area (Å²) in [6.45, 7) is 3.18. The molecule has 10 heteroatoms. The minimum atomic E-state index is -0.572. The van der Waals surface area contributed by atoms with Crippen LogP contribution in [0.4, 0.5) is 5.69 Å². The summed E-state index contributed by atoms with van der Waals surface area (Å²) in [4.78, 5) is 40.3. The Bertz CT molecular complexity index is 877. The molecule has 0 unspecified atom stereocenters. The molecule has 2 heterocycles. The Morgan fingerprint density at radius 3 is 2.45 bits per heavy atom. The van der Waals surface area contributed by atoms with Crippen LogP contribution in [0.2, 0.25) is 10.0 Å². The van der Waals surface area contributed by atoms with Crippen LogP contribution in [0.1, 0.15) is 19.8 Å². The number of ether oxygens (including phenoxy) is 1. The number of amides is 2. The second kappa shape index (κ2) is 9.11. The van der Waals surface area contributed by atoms with Crippen molar-refractivity contribution in [1.82, 2.24) is 10.2 Å². The van der Waals surface area contributed by atoms with Crippen molar-refractivity contribution in [3.05, 3.63) is 40.0 Å². The average molecular weight is 456 g/mol. The van der Waals surface area contributed by atoms with Crippen LogP contribution in [0.3, 0.4) is 0 Å². The first-order valence-corrected chi connectivity index (χ1v) is 10.2. The molecule has 0 aliphatic carbocycles. The van der Waals surface area contributed by atoms with Gasteiger partial charge in [-0.15, -0.1) is 0 Å². The second-order valence-corrected chi connectivity index (χ2v) is 7.89. The fourth-order valence-corrected chi connectivity index (χ4v) is 4.05. The highest BCUT2D eigenvalue weighted by molar-refractivity contribution is 7.80. The van der Waals surface area contributed by atoms with Crippen molar-refractivity contribution in [2.75, 3.05) is 24.6 Å². The number of carbonyl (C=O) groups excluding carboxylic acids is 3. The van der Waals surface area contributed by atoms with Gasteiger partial charge in [0.2, 0.25) is 0 Å². The Morgan fingerprint density at radius 1 is 1.24 bits per heavy atom. The minimum absolute atomic E-state index is 0.0449. The van der Waals surface area contributed by atoms with Crippen LogP contribution >= 0.6 is 35.4 Å². The van der Waals surface area contributed by atoms with Crippen LogP contribution in [0.5, 0.6) is 0 Å². The van der Waals surface area contributed by atoms with E-state index in [2.05, 4.69) is 5.32 Å². The lowest BCUT2D eigenvalue weighted by atomic mass is 9.97. The lowest BCUT2D eigenvalue weighted by molar-refractivity contribution is -0.149. The number of esters is 1. The molecule has 0 aromatic heterocycles. The molecule has 2 aliphatic rings. The summed E-state index contributed by atoms with van der Waals surface area (Å²) in [6, 6.07) is 4.61. The summed E-state index contributed by atoms with van der Waals surface area (Å²) in [6.07, 6.45) is 2.69. The van der Waals surface area contributed by atoms with Gasteiger partial charge in [0, 0.05) is 29.3 Å². The summed E-state index contributed by atoms with van der Waals surface area (Å²) in [7, 11) is 0. The predicted molar refractivity (Wildman–Crippen MR) is 114 cm³/mol. The van der Waals surface area contributed by atoms with Crippen molar-refractivity contribution in [3.63, 3.8) is 0 Å². The number of nitrogens with one attached hydrogen (secondary N) is 1. The van der Waals surface area contributed by atoms with Crippen LogP contribution in [-0.4, -0.2) is 47.5 Å². The Labute approximate surface area is 183 Å². The molecule has 2 aliphatic heterocycles. The molecule has 1 N–H and O–H groups in total. The molecular formula is C19H19Cl2N3O4S. The second-order valence-electron chi connectivity index (χ2n) is 6.63. The zero-order valence-electron chi connectivity index (χ0n) is 15.6. The third-order valence-corrected chi connectivity index (χ3v) is 5.39.